The van der Waals surface area contributed by atoms with Crippen LogP contribution in [0.5, 0.6) is 0 Å². The maximum Gasteiger partial charge on any atom is 0.163 e. The Kier molecular flexibility index (Phi) is 2.71. The Labute approximate surface area is 138 Å². The lowest BCUT2D eigenvalue weighted by atomic mass is 10.0. The number of aromatic nitrogens is 5. The molecule has 0 atom stereocenters. The molecule has 0 unspecified atom stereocenters. The van der Waals surface area contributed by atoms with Crippen LogP contribution in [0.15, 0.2) is 30.6 Å². The van der Waals surface area contributed by atoms with Gasteiger partial charge in [-0.25, -0.2) is 14.6 Å². The lowest BCUT2D eigenvalue weighted by Crippen LogP contribution is -1.99. The first-order chi connectivity index (χ1) is 11.7. The predicted molar refractivity (Wildman–Crippen MR) is 93.8 cm³/mol. The molecule has 6 nitrogen and oxygen atoms in total. The quantitative estimate of drug-likeness (QED) is 0.608. The molecule has 1 fully saturated rings. The summed E-state index contributed by atoms with van der Waals surface area (Å²) in [4.78, 5) is 12.1. The van der Waals surface area contributed by atoms with Crippen molar-refractivity contribution in [3.63, 3.8) is 0 Å². The van der Waals surface area contributed by atoms with E-state index in [4.69, 9.17) is 10.8 Å². The molecule has 0 saturated heterocycles. The van der Waals surface area contributed by atoms with Crippen molar-refractivity contribution in [2.24, 2.45) is 0 Å². The maximum absolute atomic E-state index is 6.16. The molecule has 1 saturated carbocycles. The second-order valence-electron chi connectivity index (χ2n) is 6.53. The number of nitrogen functional groups attached to an aromatic ring is 1. The molecule has 24 heavy (non-hydrogen) atoms. The highest BCUT2D eigenvalue weighted by molar-refractivity contribution is 5.90. The lowest BCUT2D eigenvalue weighted by Gasteiger charge is -2.01. The molecular formula is C18H18N6. The van der Waals surface area contributed by atoms with E-state index in [9.17, 15) is 0 Å². The van der Waals surface area contributed by atoms with Crippen LogP contribution in [0.1, 0.15) is 35.8 Å². The number of H-pyrrole nitrogens is 1. The Morgan fingerprint density at radius 2 is 2.08 bits per heavy atom. The van der Waals surface area contributed by atoms with Crippen molar-refractivity contribution in [3.8, 4) is 0 Å². The summed E-state index contributed by atoms with van der Waals surface area (Å²) >= 11 is 0. The fraction of sp³-hybridized carbons (Fsp3) is 0.278. The van der Waals surface area contributed by atoms with Crippen molar-refractivity contribution in [1.29, 1.82) is 0 Å². The van der Waals surface area contributed by atoms with Crippen LogP contribution in [-0.4, -0.2) is 24.7 Å². The molecule has 120 valence electrons. The van der Waals surface area contributed by atoms with E-state index in [-0.39, 0.29) is 0 Å². The van der Waals surface area contributed by atoms with Crippen LogP contribution in [-0.2, 0) is 6.42 Å². The number of hydrogen-bond acceptors (Lipinski definition) is 4. The number of aromatic amines is 1. The molecule has 3 aromatic heterocycles. The summed E-state index contributed by atoms with van der Waals surface area (Å²) in [6.07, 6.45) is 4.57. The van der Waals surface area contributed by atoms with Crippen molar-refractivity contribution >= 4 is 27.8 Å². The van der Waals surface area contributed by atoms with E-state index in [0.717, 1.165) is 41.5 Å². The van der Waals surface area contributed by atoms with Gasteiger partial charge in [0.1, 0.15) is 12.1 Å². The normalized spacial score (nSPS) is 14.7. The molecule has 0 amide bonds. The molecule has 6 heteroatoms. The van der Waals surface area contributed by atoms with Crippen LogP contribution >= 0.6 is 0 Å². The summed E-state index contributed by atoms with van der Waals surface area (Å²) in [6.45, 7) is 2.11. The molecular weight excluding hydrogens is 300 g/mol. The summed E-state index contributed by atoms with van der Waals surface area (Å²) in [5.41, 5.74) is 11.6. The molecule has 0 aliphatic heterocycles. The van der Waals surface area contributed by atoms with Crippen molar-refractivity contribution in [2.75, 3.05) is 5.73 Å². The van der Waals surface area contributed by atoms with Gasteiger partial charge in [-0.05, 0) is 31.4 Å². The average molecular weight is 318 g/mol. The number of nitrogens with two attached hydrogens (primary N) is 1. The molecule has 1 aliphatic carbocycles. The Bertz CT molecular complexity index is 1070. The number of para-hydroxylation sites is 1. The third kappa shape index (κ3) is 1.92. The topological polar surface area (TPSA) is 85.4 Å². The fourth-order valence-corrected chi connectivity index (χ4v) is 3.49. The summed E-state index contributed by atoms with van der Waals surface area (Å²) in [7, 11) is 0. The largest absolute Gasteiger partial charge is 0.383 e. The minimum Gasteiger partial charge on any atom is -0.383 e. The number of hydrogen-bond donors (Lipinski definition) is 2. The minimum absolute atomic E-state index is 0.458. The van der Waals surface area contributed by atoms with Gasteiger partial charge < -0.3 is 10.7 Å². The van der Waals surface area contributed by atoms with Crippen LogP contribution in [0.25, 0.3) is 21.9 Å². The van der Waals surface area contributed by atoms with Gasteiger partial charge in [-0.1, -0.05) is 18.2 Å². The number of fused-ring (bicyclic) bond motifs is 2. The van der Waals surface area contributed by atoms with Crippen LogP contribution < -0.4 is 5.73 Å². The van der Waals surface area contributed by atoms with E-state index in [1.807, 2.05) is 10.7 Å². The highest BCUT2D eigenvalue weighted by Gasteiger charge is 2.29. The molecule has 5 rings (SSSR count). The van der Waals surface area contributed by atoms with E-state index in [0.29, 0.717) is 11.9 Å². The number of nitrogens with one attached hydrogen (secondary N) is 1. The third-order valence-corrected chi connectivity index (χ3v) is 4.85. The number of benzene rings is 1. The van der Waals surface area contributed by atoms with Gasteiger partial charge in [-0.3, -0.25) is 0 Å². The van der Waals surface area contributed by atoms with Crippen molar-refractivity contribution in [2.45, 2.75) is 32.2 Å². The monoisotopic (exact) mass is 318 g/mol. The highest BCUT2D eigenvalue weighted by Crippen LogP contribution is 2.38. The van der Waals surface area contributed by atoms with Gasteiger partial charge in [0, 0.05) is 23.0 Å². The van der Waals surface area contributed by atoms with Crippen LogP contribution in [0.4, 0.5) is 5.82 Å². The first kappa shape index (κ1) is 13.5. The molecule has 4 aromatic rings. The first-order valence-electron chi connectivity index (χ1n) is 8.26. The molecule has 0 radical (unpaired) electrons. The Morgan fingerprint density at radius 1 is 1.25 bits per heavy atom. The molecule has 0 bridgehead atoms. The zero-order valence-electron chi connectivity index (χ0n) is 13.5. The zero-order valence-corrected chi connectivity index (χ0v) is 13.5. The molecule has 3 heterocycles. The van der Waals surface area contributed by atoms with Gasteiger partial charge in [0.05, 0.1) is 17.1 Å². The molecule has 1 aromatic carbocycles. The highest BCUT2D eigenvalue weighted by atomic mass is 15.3. The maximum atomic E-state index is 6.16. The second kappa shape index (κ2) is 4.80. The van der Waals surface area contributed by atoms with Gasteiger partial charge in [-0.15, -0.1) is 0 Å². The number of aryl methyl sites for hydroxylation is 1. The predicted octanol–water partition coefficient (Wildman–Crippen LogP) is 3.12. The summed E-state index contributed by atoms with van der Waals surface area (Å²) < 4.78 is 2.03. The minimum atomic E-state index is 0.458. The molecule has 3 N–H and O–H groups in total. The lowest BCUT2D eigenvalue weighted by molar-refractivity contribution is 0.648. The van der Waals surface area contributed by atoms with E-state index in [2.05, 4.69) is 40.1 Å². The van der Waals surface area contributed by atoms with Crippen LogP contribution in [0.3, 0.4) is 0 Å². The Hall–Kier alpha value is -2.89. The molecule has 0 spiro atoms. The van der Waals surface area contributed by atoms with Gasteiger partial charge in [-0.2, -0.15) is 5.10 Å². The number of anilines is 1. The van der Waals surface area contributed by atoms with Gasteiger partial charge in [0.2, 0.25) is 0 Å². The van der Waals surface area contributed by atoms with E-state index in [1.165, 1.54) is 23.0 Å². The van der Waals surface area contributed by atoms with Gasteiger partial charge >= 0.3 is 0 Å². The molecule has 1 aliphatic rings. The number of nitrogens with zero attached hydrogens (tertiary/aromatic N) is 4. The van der Waals surface area contributed by atoms with Crippen LogP contribution in [0.2, 0.25) is 0 Å². The number of rotatable bonds is 3. The zero-order chi connectivity index (χ0) is 16.3. The van der Waals surface area contributed by atoms with E-state index >= 15 is 0 Å². The smallest absolute Gasteiger partial charge is 0.163 e. The standard InChI is InChI=1S/C18H18N6/c1-10-13(12-4-2-3-5-14(12)22-10)8-15-16-17(19)20-9-21-18(16)24(23-15)11-6-7-11/h2-5,9,11,22H,6-8H2,1H3,(H2,19,20,21). The van der Waals surface area contributed by atoms with Crippen LogP contribution in [0, 0.1) is 6.92 Å². The van der Waals surface area contributed by atoms with Gasteiger partial charge in [0.15, 0.2) is 5.65 Å². The van der Waals surface area contributed by atoms with Crippen molar-refractivity contribution in [1.82, 2.24) is 24.7 Å². The third-order valence-electron chi connectivity index (χ3n) is 4.85. The SMILES string of the molecule is Cc1[nH]c2ccccc2c1Cc1nn(C2CC2)c2ncnc(N)c12. The van der Waals surface area contributed by atoms with Crippen molar-refractivity contribution < 1.29 is 0 Å². The van der Waals surface area contributed by atoms with Crippen molar-refractivity contribution in [3.05, 3.63) is 47.5 Å². The summed E-state index contributed by atoms with van der Waals surface area (Å²) in [5, 5.41) is 6.99. The average Bonchev–Trinajstić information content (AvgIpc) is 3.28. The van der Waals surface area contributed by atoms with Gasteiger partial charge in [0.25, 0.3) is 0 Å². The summed E-state index contributed by atoms with van der Waals surface area (Å²) in [5.74, 6) is 0.513. The summed E-state index contributed by atoms with van der Waals surface area (Å²) in [6, 6.07) is 8.82. The fourth-order valence-electron chi connectivity index (χ4n) is 3.49. The Morgan fingerprint density at radius 3 is 2.92 bits per heavy atom. The first-order valence-corrected chi connectivity index (χ1v) is 8.26. The van der Waals surface area contributed by atoms with E-state index in [1.54, 1.807) is 0 Å². The Balaban J connectivity index is 1.70. The van der Waals surface area contributed by atoms with E-state index < -0.39 is 0 Å². The second-order valence-corrected chi connectivity index (χ2v) is 6.53.